The number of methoxy groups -OCH3 is 2. The van der Waals surface area contributed by atoms with E-state index in [2.05, 4.69) is 10.3 Å². The summed E-state index contributed by atoms with van der Waals surface area (Å²) in [6, 6.07) is 3.82. The minimum Gasteiger partial charge on any atom is -0.382 e. The van der Waals surface area contributed by atoms with E-state index in [1.807, 2.05) is 12.1 Å². The number of nitrogens with zero attached hydrogens (tertiary/aromatic N) is 1. The number of nitrogens with one attached hydrogen (secondary N) is 1. The molecule has 0 saturated carbocycles. The maximum Gasteiger partial charge on any atom is 0.130 e. The van der Waals surface area contributed by atoms with Gasteiger partial charge in [-0.25, -0.2) is 4.98 Å². The van der Waals surface area contributed by atoms with Gasteiger partial charge in [0.1, 0.15) is 5.82 Å². The molecule has 1 atom stereocenters. The van der Waals surface area contributed by atoms with Crippen LogP contribution in [-0.2, 0) is 16.0 Å². The molecule has 1 heterocycles. The molecule has 1 unspecified atom stereocenters. The van der Waals surface area contributed by atoms with Gasteiger partial charge in [0, 0.05) is 39.1 Å². The molecule has 0 amide bonds. The topological polar surface area (TPSA) is 69.4 Å². The Labute approximate surface area is 96.0 Å². The number of rotatable bonds is 7. The Kier molecular flexibility index (Phi) is 5.77. The van der Waals surface area contributed by atoms with Crippen molar-refractivity contribution in [3.8, 4) is 0 Å². The highest BCUT2D eigenvalue weighted by atomic mass is 16.5. The molecule has 5 heteroatoms. The average Bonchev–Trinajstić information content (AvgIpc) is 2.34. The van der Waals surface area contributed by atoms with Gasteiger partial charge in [-0.05, 0) is 6.07 Å². The van der Waals surface area contributed by atoms with Gasteiger partial charge in [0.05, 0.1) is 12.7 Å². The van der Waals surface area contributed by atoms with E-state index in [0.29, 0.717) is 19.7 Å². The minimum absolute atomic E-state index is 0.0117. The zero-order chi connectivity index (χ0) is 11.8. The van der Waals surface area contributed by atoms with E-state index < -0.39 is 0 Å². The van der Waals surface area contributed by atoms with E-state index in [0.717, 1.165) is 11.4 Å². The van der Waals surface area contributed by atoms with E-state index in [9.17, 15) is 0 Å². The Hall–Kier alpha value is -1.17. The molecule has 0 bridgehead atoms. The van der Waals surface area contributed by atoms with Crippen LogP contribution in [0.2, 0.25) is 0 Å². The number of nitrogens with two attached hydrogens (primary N) is 1. The Morgan fingerprint density at radius 3 is 2.94 bits per heavy atom. The number of anilines is 1. The lowest BCUT2D eigenvalue weighted by Gasteiger charge is -2.16. The lowest BCUT2D eigenvalue weighted by molar-refractivity contribution is 0.0365. The van der Waals surface area contributed by atoms with E-state index in [1.165, 1.54) is 0 Å². The van der Waals surface area contributed by atoms with Crippen LogP contribution in [0, 0.1) is 0 Å². The van der Waals surface area contributed by atoms with E-state index in [4.69, 9.17) is 15.2 Å². The summed E-state index contributed by atoms with van der Waals surface area (Å²) in [4.78, 5) is 4.23. The lowest BCUT2D eigenvalue weighted by atomic mass is 10.2. The van der Waals surface area contributed by atoms with Gasteiger partial charge in [-0.1, -0.05) is 6.07 Å². The van der Waals surface area contributed by atoms with Crippen molar-refractivity contribution in [1.29, 1.82) is 0 Å². The largest absolute Gasteiger partial charge is 0.382 e. The van der Waals surface area contributed by atoms with Gasteiger partial charge in [0.2, 0.25) is 0 Å². The third kappa shape index (κ3) is 3.77. The van der Waals surface area contributed by atoms with Crippen molar-refractivity contribution in [1.82, 2.24) is 4.98 Å². The second kappa shape index (κ2) is 7.16. The summed E-state index contributed by atoms with van der Waals surface area (Å²) in [6.45, 7) is 1.67. The Morgan fingerprint density at radius 2 is 2.31 bits per heavy atom. The van der Waals surface area contributed by atoms with Gasteiger partial charge in [0.15, 0.2) is 0 Å². The maximum atomic E-state index is 5.61. The van der Waals surface area contributed by atoms with Crippen molar-refractivity contribution in [2.75, 3.05) is 32.7 Å². The molecule has 0 aliphatic rings. The van der Waals surface area contributed by atoms with Crippen LogP contribution in [-0.4, -0.2) is 38.5 Å². The van der Waals surface area contributed by atoms with Gasteiger partial charge in [-0.2, -0.15) is 0 Å². The van der Waals surface area contributed by atoms with Gasteiger partial charge >= 0.3 is 0 Å². The summed E-state index contributed by atoms with van der Waals surface area (Å²) >= 11 is 0. The van der Waals surface area contributed by atoms with Crippen molar-refractivity contribution in [3.05, 3.63) is 23.9 Å². The quantitative estimate of drug-likeness (QED) is 0.711. The van der Waals surface area contributed by atoms with E-state index in [1.54, 1.807) is 20.4 Å². The number of aromatic nitrogens is 1. The third-order valence-corrected chi connectivity index (χ3v) is 2.29. The standard InChI is InChI=1S/C11H19N3O2/c1-15-8-10(16-2)7-14-11-9(6-12)4-3-5-13-11/h3-5,10H,6-8,12H2,1-2H3,(H,13,14). The Morgan fingerprint density at radius 1 is 1.50 bits per heavy atom. The molecule has 16 heavy (non-hydrogen) atoms. The monoisotopic (exact) mass is 225 g/mol. The zero-order valence-corrected chi connectivity index (χ0v) is 9.77. The second-order valence-electron chi connectivity index (χ2n) is 3.41. The van der Waals surface area contributed by atoms with Crippen LogP contribution in [0.5, 0.6) is 0 Å². The molecule has 0 aliphatic carbocycles. The first-order valence-electron chi connectivity index (χ1n) is 5.21. The molecule has 0 radical (unpaired) electrons. The van der Waals surface area contributed by atoms with Gasteiger partial charge < -0.3 is 20.5 Å². The summed E-state index contributed by atoms with van der Waals surface area (Å²) in [5, 5.41) is 3.20. The maximum absolute atomic E-state index is 5.61. The van der Waals surface area contributed by atoms with Crippen LogP contribution in [0.15, 0.2) is 18.3 Å². The minimum atomic E-state index is 0.0117. The van der Waals surface area contributed by atoms with Crippen LogP contribution < -0.4 is 11.1 Å². The molecule has 1 aromatic rings. The van der Waals surface area contributed by atoms with Crippen molar-refractivity contribution < 1.29 is 9.47 Å². The molecule has 90 valence electrons. The first kappa shape index (κ1) is 12.9. The molecular formula is C11H19N3O2. The number of pyridine rings is 1. The first-order valence-corrected chi connectivity index (χ1v) is 5.21. The molecule has 1 aromatic heterocycles. The van der Waals surface area contributed by atoms with Gasteiger partial charge in [-0.3, -0.25) is 0 Å². The lowest BCUT2D eigenvalue weighted by Crippen LogP contribution is -2.27. The highest BCUT2D eigenvalue weighted by Crippen LogP contribution is 2.10. The zero-order valence-electron chi connectivity index (χ0n) is 9.77. The predicted octanol–water partition coefficient (Wildman–Crippen LogP) is 0.614. The average molecular weight is 225 g/mol. The van der Waals surface area contributed by atoms with E-state index in [-0.39, 0.29) is 6.10 Å². The molecular weight excluding hydrogens is 206 g/mol. The fraction of sp³-hybridized carbons (Fsp3) is 0.545. The normalized spacial score (nSPS) is 12.4. The van der Waals surface area contributed by atoms with Crippen LogP contribution in [0.25, 0.3) is 0 Å². The predicted molar refractivity (Wildman–Crippen MR) is 63.3 cm³/mol. The molecule has 5 nitrogen and oxygen atoms in total. The van der Waals surface area contributed by atoms with Crippen molar-refractivity contribution in [2.24, 2.45) is 5.73 Å². The molecule has 0 fully saturated rings. The molecule has 0 saturated heterocycles. The second-order valence-corrected chi connectivity index (χ2v) is 3.41. The molecule has 1 rings (SSSR count). The molecule has 0 spiro atoms. The Bertz CT molecular complexity index is 307. The fourth-order valence-corrected chi connectivity index (χ4v) is 1.37. The molecule has 0 aromatic carbocycles. The summed E-state index contributed by atoms with van der Waals surface area (Å²) in [5.74, 6) is 0.808. The van der Waals surface area contributed by atoms with Gasteiger partial charge in [0.25, 0.3) is 0 Å². The van der Waals surface area contributed by atoms with Crippen LogP contribution in [0.1, 0.15) is 5.56 Å². The number of hydrogen-bond acceptors (Lipinski definition) is 5. The van der Waals surface area contributed by atoms with Crippen LogP contribution in [0.4, 0.5) is 5.82 Å². The molecule has 3 N–H and O–H groups in total. The summed E-state index contributed by atoms with van der Waals surface area (Å²) in [6.07, 6.45) is 1.75. The Balaban J connectivity index is 2.52. The van der Waals surface area contributed by atoms with Crippen molar-refractivity contribution >= 4 is 5.82 Å². The fourth-order valence-electron chi connectivity index (χ4n) is 1.37. The SMILES string of the molecule is COCC(CNc1ncccc1CN)OC. The van der Waals surface area contributed by atoms with Crippen LogP contribution >= 0.6 is 0 Å². The first-order chi connectivity index (χ1) is 7.81. The van der Waals surface area contributed by atoms with Crippen LogP contribution in [0.3, 0.4) is 0 Å². The number of ether oxygens (including phenoxy) is 2. The third-order valence-electron chi connectivity index (χ3n) is 2.29. The van der Waals surface area contributed by atoms with E-state index >= 15 is 0 Å². The smallest absolute Gasteiger partial charge is 0.130 e. The molecule has 0 aliphatic heterocycles. The summed E-state index contributed by atoms with van der Waals surface area (Å²) in [5.41, 5.74) is 6.61. The van der Waals surface area contributed by atoms with Gasteiger partial charge in [-0.15, -0.1) is 0 Å². The summed E-state index contributed by atoms with van der Waals surface area (Å²) < 4.78 is 10.3. The number of hydrogen-bond donors (Lipinski definition) is 2. The van der Waals surface area contributed by atoms with Crippen molar-refractivity contribution in [3.63, 3.8) is 0 Å². The highest BCUT2D eigenvalue weighted by molar-refractivity contribution is 5.43. The van der Waals surface area contributed by atoms with Crippen molar-refractivity contribution in [2.45, 2.75) is 12.6 Å². The highest BCUT2D eigenvalue weighted by Gasteiger charge is 2.08. The summed E-state index contributed by atoms with van der Waals surface area (Å²) in [7, 11) is 3.31.